The highest BCUT2D eigenvalue weighted by molar-refractivity contribution is 7.27. The van der Waals surface area contributed by atoms with E-state index in [-0.39, 0.29) is 0 Å². The zero-order valence-electron chi connectivity index (χ0n) is 63.0. The highest BCUT2D eigenvalue weighted by Crippen LogP contribution is 2.46. The Morgan fingerprint density at radius 2 is 0.450 bits per heavy atom. The molecule has 12 nitrogen and oxygen atoms in total. The maximum absolute atomic E-state index is 9.42. The molecule has 0 aliphatic carbocycles. The predicted molar refractivity (Wildman–Crippen MR) is 492 cm³/mol. The van der Waals surface area contributed by atoms with Gasteiger partial charge in [-0.1, -0.05) is 97.1 Å². The van der Waals surface area contributed by atoms with E-state index in [4.69, 9.17) is 0 Å². The van der Waals surface area contributed by atoms with Crippen LogP contribution < -0.4 is 0 Å². The predicted octanol–water partition coefficient (Wildman–Crippen LogP) is 27.6. The van der Waals surface area contributed by atoms with Gasteiger partial charge in [-0.05, 0) is 218 Å². The molecule has 0 atom stereocenters. The number of benzene rings is 16. The maximum Gasteiger partial charge on any atom is 0.0991 e. The van der Waals surface area contributed by atoms with Gasteiger partial charge in [0.2, 0.25) is 0 Å². The molecule has 0 saturated heterocycles. The third-order valence-electron chi connectivity index (χ3n) is 22.6. The number of fused-ring (bicyclic) bond motifs is 24. The molecule has 0 fully saturated rings. The van der Waals surface area contributed by atoms with Crippen molar-refractivity contribution in [2.24, 2.45) is 0 Å². The Bertz CT molecular complexity index is 8650. The zero-order valence-corrected chi connectivity index (χ0v) is 66.3. The molecule has 0 saturated carbocycles. The van der Waals surface area contributed by atoms with E-state index >= 15 is 0 Å². The van der Waals surface area contributed by atoms with Crippen LogP contribution in [-0.4, -0.2) is 18.3 Å². The lowest BCUT2D eigenvalue weighted by Crippen LogP contribution is -1.94. The Kier molecular flexibility index (Phi) is 17.1. The van der Waals surface area contributed by atoms with E-state index in [0.717, 1.165) is 110 Å². The topological polar surface area (TPSA) is 210 Å². The van der Waals surface area contributed by atoms with Crippen LogP contribution in [-0.2, 0) is 0 Å². The van der Waals surface area contributed by atoms with E-state index < -0.39 is 0 Å². The van der Waals surface area contributed by atoms with Crippen molar-refractivity contribution < 1.29 is 0 Å². The lowest BCUT2D eigenvalue weighted by Gasteiger charge is -2.10. The van der Waals surface area contributed by atoms with Gasteiger partial charge in [-0.3, -0.25) is 0 Å². The van der Waals surface area contributed by atoms with E-state index in [1.807, 2.05) is 146 Å². The number of hydrogen-bond donors (Lipinski definition) is 0. The first kappa shape index (κ1) is 71.3. The van der Waals surface area contributed by atoms with E-state index in [1.54, 1.807) is 45.3 Å². The Morgan fingerprint density at radius 3 is 0.867 bits per heavy atom. The van der Waals surface area contributed by atoms with Crippen LogP contribution in [0.1, 0.15) is 44.5 Å². The van der Waals surface area contributed by atoms with Crippen molar-refractivity contribution in [2.45, 2.75) is 0 Å². The fraction of sp³-hybridized carbons (Fsp3) is 0. The maximum atomic E-state index is 9.42. The van der Waals surface area contributed by atoms with Gasteiger partial charge in [-0.25, -0.2) is 0 Å². The molecule has 120 heavy (non-hydrogen) atoms. The van der Waals surface area contributed by atoms with Gasteiger partial charge in [0.05, 0.1) is 153 Å². The summed E-state index contributed by atoms with van der Waals surface area (Å²) in [6.07, 6.45) is 0. The van der Waals surface area contributed by atoms with Crippen molar-refractivity contribution in [1.82, 2.24) is 18.3 Å². The number of rotatable bonds is 4. The summed E-state index contributed by atoms with van der Waals surface area (Å²) < 4.78 is 19.0. The van der Waals surface area contributed by atoms with Gasteiger partial charge in [0.15, 0.2) is 0 Å². The smallest absolute Gasteiger partial charge is 0.0991 e. The number of nitriles is 8. The minimum absolute atomic E-state index is 0.614. The van der Waals surface area contributed by atoms with Gasteiger partial charge in [0, 0.05) is 130 Å². The molecule has 24 rings (SSSR count). The third kappa shape index (κ3) is 11.6. The first-order valence-electron chi connectivity index (χ1n) is 38.3. The van der Waals surface area contributed by atoms with Gasteiger partial charge in [0.25, 0.3) is 0 Å². The van der Waals surface area contributed by atoms with Gasteiger partial charge >= 0.3 is 0 Å². The molecule has 0 radical (unpaired) electrons. The van der Waals surface area contributed by atoms with E-state index in [0.29, 0.717) is 44.5 Å². The number of hydrogen-bond acceptors (Lipinski definition) is 12. The normalized spacial score (nSPS) is 11.3. The highest BCUT2D eigenvalue weighted by Gasteiger charge is 2.23. The summed E-state index contributed by atoms with van der Waals surface area (Å²) in [7, 11) is 0. The second kappa shape index (κ2) is 28.8. The molecule has 0 amide bonds. The third-order valence-corrected chi connectivity index (χ3v) is 27.2. The van der Waals surface area contributed by atoms with Crippen molar-refractivity contribution in [3.05, 3.63) is 360 Å². The molecule has 0 aliphatic rings. The van der Waals surface area contributed by atoms with Crippen LogP contribution in [0.3, 0.4) is 0 Å². The van der Waals surface area contributed by atoms with Gasteiger partial charge in [-0.15, -0.1) is 45.3 Å². The highest BCUT2D eigenvalue weighted by atomic mass is 32.1. The van der Waals surface area contributed by atoms with Crippen LogP contribution in [0.2, 0.25) is 0 Å². The fourth-order valence-electron chi connectivity index (χ4n) is 17.3. The molecule has 552 valence electrons. The molecule has 0 N–H and O–H groups in total. The van der Waals surface area contributed by atoms with Crippen molar-refractivity contribution >= 4 is 213 Å². The van der Waals surface area contributed by atoms with Gasteiger partial charge < -0.3 is 18.3 Å². The van der Waals surface area contributed by atoms with Gasteiger partial charge in [-0.2, -0.15) is 42.1 Å². The minimum Gasteiger partial charge on any atom is -0.309 e. The molecule has 8 aromatic heterocycles. The van der Waals surface area contributed by atoms with Crippen LogP contribution in [0.15, 0.2) is 315 Å². The molecule has 16 heteroatoms. The lowest BCUT2D eigenvalue weighted by molar-refractivity contribution is 1.19. The summed E-state index contributed by atoms with van der Waals surface area (Å²) in [4.78, 5) is 0. The van der Waals surface area contributed by atoms with Crippen LogP contribution in [0, 0.1) is 90.6 Å². The van der Waals surface area contributed by atoms with Crippen molar-refractivity contribution in [3.63, 3.8) is 0 Å². The van der Waals surface area contributed by atoms with Crippen molar-refractivity contribution in [1.29, 1.82) is 42.1 Å². The van der Waals surface area contributed by atoms with E-state index in [2.05, 4.69) is 237 Å². The molecule has 0 aliphatic heterocycles. The van der Waals surface area contributed by atoms with Crippen molar-refractivity contribution in [3.8, 4) is 71.3 Å². The first-order valence-corrected chi connectivity index (χ1v) is 41.5. The minimum atomic E-state index is 0.614. The Labute approximate surface area is 699 Å². The molecular formula is C104H52N12S4. The second-order valence-electron chi connectivity index (χ2n) is 29.1. The number of thiophene rings is 4. The van der Waals surface area contributed by atoms with Gasteiger partial charge in [0.1, 0.15) is 0 Å². The average Bonchev–Trinajstić information content (AvgIpc) is 1.57. The summed E-state index contributed by atoms with van der Waals surface area (Å²) in [5, 5.41) is 93.1. The molecule has 0 unspecified atom stereocenters. The molecular weight excluding hydrogens is 1550 g/mol. The summed E-state index contributed by atoms with van der Waals surface area (Å²) in [5.74, 6) is 0. The van der Waals surface area contributed by atoms with E-state index in [9.17, 15) is 42.1 Å². The van der Waals surface area contributed by atoms with Crippen LogP contribution in [0.4, 0.5) is 0 Å². The monoisotopic (exact) mass is 1600 g/mol. The van der Waals surface area contributed by atoms with Crippen LogP contribution >= 0.6 is 45.3 Å². The quantitative estimate of drug-likeness (QED) is 0.165. The Balaban J connectivity index is 0.0000000990. The fourth-order valence-corrected chi connectivity index (χ4v) is 21.8. The Morgan fingerprint density at radius 1 is 0.175 bits per heavy atom. The first-order chi connectivity index (χ1) is 59.1. The van der Waals surface area contributed by atoms with Crippen molar-refractivity contribution in [2.75, 3.05) is 0 Å². The second-order valence-corrected chi connectivity index (χ2v) is 33.5. The largest absolute Gasteiger partial charge is 0.309 e. The molecule has 0 bridgehead atoms. The summed E-state index contributed by atoms with van der Waals surface area (Å²) in [6, 6.07) is 124. The Hall–Kier alpha value is -16.5. The average molecular weight is 1600 g/mol. The van der Waals surface area contributed by atoms with Crippen LogP contribution in [0.5, 0.6) is 0 Å². The lowest BCUT2D eigenvalue weighted by atomic mass is 10.1. The zero-order chi connectivity index (χ0) is 81.0. The standard InChI is InChI=1S/4C26H13N3S/c27-14-16-8-10-22-20(12-16)21-13-17(15-28)9-11-23(21)29(22)24-6-3-5-19-18-4-1-2-7-25(18)30-26(19)24;27-14-16-8-10-21-19(12-16)20-13-17(15-28)9-11-22(20)29(21)23-5-3-7-25-26(23)18-4-1-2-6-24(18)30-25;27-14-16-5-9-23-21(11-16)22-12-17(15-28)6-10-24(22)29(23)18-7-8-20-19-3-1-2-4-25(19)30-26(20)13-18;27-14-16-5-8-23-20(11-16)21-12-17(15-28)6-9-24(21)29(23)18-7-10-26-22(13-18)19-3-1-2-4-25(19)30-26/h4*1-13H. The van der Waals surface area contributed by atoms with Crippen LogP contribution in [0.25, 0.3) is 191 Å². The molecule has 8 heterocycles. The molecule has 0 spiro atoms. The molecule has 16 aromatic carbocycles. The summed E-state index contributed by atoms with van der Waals surface area (Å²) >= 11 is 7.19. The molecule has 24 aromatic rings. The number of aromatic nitrogens is 4. The SMILES string of the molecule is N#Cc1ccc2c(c1)c1cc(C#N)ccc1n2-c1ccc2c(c1)sc1ccccc12.N#Cc1ccc2c(c1)c1cc(C#N)ccc1n2-c1ccc2sc3ccccc3c2c1.N#Cc1ccc2c(c1)c1cc(C#N)ccc1n2-c1cccc2c1sc1ccccc12.N#Cc1ccc2c(c1)c1cc(C#N)ccc1n2-c1cccc2sc3ccccc3c12. The summed E-state index contributed by atoms with van der Waals surface area (Å²) in [6.45, 7) is 0. The summed E-state index contributed by atoms with van der Waals surface area (Å²) in [5.41, 5.74) is 17.5. The van der Waals surface area contributed by atoms with E-state index in [1.165, 1.54) is 80.7 Å². The number of nitrogens with zero attached hydrogens (tertiary/aromatic N) is 12.